The maximum atomic E-state index is 10.6. The molecule has 5 heteroatoms. The maximum absolute atomic E-state index is 10.6. The SMILES string of the molecule is N#CCC(O)C(O)c1ccccc1CC(=O)O. The van der Waals surface area contributed by atoms with Gasteiger partial charge in [0.2, 0.25) is 0 Å². The average Bonchev–Trinajstić information content (AvgIpc) is 2.28. The van der Waals surface area contributed by atoms with Gasteiger partial charge in [0.25, 0.3) is 0 Å². The summed E-state index contributed by atoms with van der Waals surface area (Å²) in [5.41, 5.74) is 0.780. The number of aliphatic carboxylic acids is 1. The summed E-state index contributed by atoms with van der Waals surface area (Å²) in [6.45, 7) is 0. The van der Waals surface area contributed by atoms with Crippen LogP contribution in [0.4, 0.5) is 0 Å². The number of carboxylic acids is 1. The van der Waals surface area contributed by atoms with Crippen molar-refractivity contribution in [3.63, 3.8) is 0 Å². The molecule has 2 atom stereocenters. The quantitative estimate of drug-likeness (QED) is 0.694. The summed E-state index contributed by atoms with van der Waals surface area (Å²) in [5.74, 6) is -1.01. The number of carboxylic acid groups (broad SMARTS) is 1. The Morgan fingerprint density at radius 2 is 2.00 bits per heavy atom. The third-order valence-electron chi connectivity index (χ3n) is 2.38. The molecule has 5 nitrogen and oxygen atoms in total. The number of nitrogens with zero attached hydrogens (tertiary/aromatic N) is 1. The van der Waals surface area contributed by atoms with E-state index in [2.05, 4.69) is 0 Å². The molecule has 0 aromatic heterocycles. The highest BCUT2D eigenvalue weighted by atomic mass is 16.4. The van der Waals surface area contributed by atoms with E-state index < -0.39 is 18.2 Å². The van der Waals surface area contributed by atoms with E-state index in [1.807, 2.05) is 0 Å². The van der Waals surface area contributed by atoms with Crippen molar-refractivity contribution in [3.05, 3.63) is 35.4 Å². The van der Waals surface area contributed by atoms with E-state index in [4.69, 9.17) is 10.4 Å². The van der Waals surface area contributed by atoms with Crippen molar-refractivity contribution < 1.29 is 20.1 Å². The van der Waals surface area contributed by atoms with Crippen LogP contribution in [0.5, 0.6) is 0 Å². The molecule has 17 heavy (non-hydrogen) atoms. The third-order valence-corrected chi connectivity index (χ3v) is 2.38. The number of carbonyl (C=O) groups is 1. The predicted molar refractivity (Wildman–Crippen MR) is 59.0 cm³/mol. The van der Waals surface area contributed by atoms with Crippen molar-refractivity contribution in [1.82, 2.24) is 0 Å². The fourth-order valence-corrected chi connectivity index (χ4v) is 1.56. The van der Waals surface area contributed by atoms with Crippen molar-refractivity contribution in [1.29, 1.82) is 5.26 Å². The number of hydrogen-bond acceptors (Lipinski definition) is 4. The average molecular weight is 235 g/mol. The lowest BCUT2D eigenvalue weighted by Gasteiger charge is -2.18. The van der Waals surface area contributed by atoms with E-state index in [1.165, 1.54) is 0 Å². The van der Waals surface area contributed by atoms with E-state index in [-0.39, 0.29) is 12.8 Å². The summed E-state index contributed by atoms with van der Waals surface area (Å²) in [6.07, 6.45) is -2.89. The Bertz CT molecular complexity index is 438. The van der Waals surface area contributed by atoms with E-state index in [9.17, 15) is 15.0 Å². The van der Waals surface area contributed by atoms with E-state index in [0.717, 1.165) is 0 Å². The van der Waals surface area contributed by atoms with Crippen LogP contribution in [-0.2, 0) is 11.2 Å². The maximum Gasteiger partial charge on any atom is 0.307 e. The summed E-state index contributed by atoms with van der Waals surface area (Å²) in [5, 5.41) is 36.5. The number of aliphatic hydroxyl groups is 2. The minimum atomic E-state index is -1.25. The Balaban J connectivity index is 2.96. The predicted octanol–water partition coefficient (Wildman–Crippen LogP) is 0.622. The molecule has 0 saturated heterocycles. The first kappa shape index (κ1) is 13.2. The zero-order chi connectivity index (χ0) is 12.8. The summed E-state index contributed by atoms with van der Waals surface area (Å²) in [4.78, 5) is 10.6. The van der Waals surface area contributed by atoms with Gasteiger partial charge in [-0.15, -0.1) is 0 Å². The summed E-state index contributed by atoms with van der Waals surface area (Å²) < 4.78 is 0. The minimum absolute atomic E-state index is 0.206. The van der Waals surface area contributed by atoms with Gasteiger partial charge in [-0.05, 0) is 11.1 Å². The molecule has 0 aliphatic heterocycles. The van der Waals surface area contributed by atoms with Gasteiger partial charge in [0.05, 0.1) is 25.0 Å². The lowest BCUT2D eigenvalue weighted by molar-refractivity contribution is -0.136. The smallest absolute Gasteiger partial charge is 0.307 e. The zero-order valence-electron chi connectivity index (χ0n) is 9.08. The normalized spacial score (nSPS) is 13.7. The summed E-state index contributed by atoms with van der Waals surface area (Å²) >= 11 is 0. The van der Waals surface area contributed by atoms with Gasteiger partial charge >= 0.3 is 5.97 Å². The second kappa shape index (κ2) is 5.99. The molecule has 0 aliphatic carbocycles. The van der Waals surface area contributed by atoms with Gasteiger partial charge in [0.15, 0.2) is 0 Å². The van der Waals surface area contributed by atoms with Crippen LogP contribution in [0, 0.1) is 11.3 Å². The molecule has 0 spiro atoms. The standard InChI is InChI=1S/C12H13NO4/c13-6-5-10(14)12(17)9-4-2-1-3-8(9)7-11(15)16/h1-4,10,12,14,17H,5,7H2,(H,15,16). The highest BCUT2D eigenvalue weighted by Gasteiger charge is 2.21. The Labute approximate surface area is 98.6 Å². The first-order valence-electron chi connectivity index (χ1n) is 5.09. The highest BCUT2D eigenvalue weighted by Crippen LogP contribution is 2.23. The molecule has 3 N–H and O–H groups in total. The van der Waals surface area contributed by atoms with Crippen LogP contribution in [0.15, 0.2) is 24.3 Å². The molecule has 0 bridgehead atoms. The van der Waals surface area contributed by atoms with Gasteiger partial charge in [-0.1, -0.05) is 24.3 Å². The topological polar surface area (TPSA) is 102 Å². The fourth-order valence-electron chi connectivity index (χ4n) is 1.56. The van der Waals surface area contributed by atoms with Crippen LogP contribution in [0.2, 0.25) is 0 Å². The van der Waals surface area contributed by atoms with Crippen molar-refractivity contribution in [2.75, 3.05) is 0 Å². The number of aliphatic hydroxyl groups excluding tert-OH is 2. The number of nitriles is 1. The Morgan fingerprint density at radius 1 is 1.35 bits per heavy atom. The molecule has 0 radical (unpaired) electrons. The van der Waals surface area contributed by atoms with Crippen LogP contribution in [0.25, 0.3) is 0 Å². The van der Waals surface area contributed by atoms with Gasteiger partial charge < -0.3 is 15.3 Å². The molecule has 0 heterocycles. The van der Waals surface area contributed by atoms with Crippen molar-refractivity contribution in [2.45, 2.75) is 25.0 Å². The first-order valence-corrected chi connectivity index (χ1v) is 5.09. The highest BCUT2D eigenvalue weighted by molar-refractivity contribution is 5.70. The largest absolute Gasteiger partial charge is 0.481 e. The zero-order valence-corrected chi connectivity index (χ0v) is 9.08. The Kier molecular flexibility index (Phi) is 4.64. The molecule has 1 aromatic carbocycles. The van der Waals surface area contributed by atoms with Crippen LogP contribution in [0.1, 0.15) is 23.7 Å². The van der Waals surface area contributed by atoms with Gasteiger partial charge in [0.1, 0.15) is 6.10 Å². The van der Waals surface area contributed by atoms with Crippen LogP contribution < -0.4 is 0 Å². The molecule has 1 rings (SSSR count). The van der Waals surface area contributed by atoms with Crippen molar-refractivity contribution in [3.8, 4) is 6.07 Å². The van der Waals surface area contributed by atoms with Crippen molar-refractivity contribution >= 4 is 5.97 Å². The monoisotopic (exact) mass is 235 g/mol. The fraction of sp³-hybridized carbons (Fsp3) is 0.333. The van der Waals surface area contributed by atoms with Gasteiger partial charge in [-0.3, -0.25) is 4.79 Å². The van der Waals surface area contributed by atoms with E-state index in [0.29, 0.717) is 11.1 Å². The first-order chi connectivity index (χ1) is 8.06. The number of benzene rings is 1. The Hall–Kier alpha value is -1.90. The molecule has 0 saturated carbocycles. The molecular weight excluding hydrogens is 222 g/mol. The second-order valence-electron chi connectivity index (χ2n) is 3.64. The summed E-state index contributed by atoms with van der Waals surface area (Å²) in [7, 11) is 0. The molecule has 2 unspecified atom stereocenters. The van der Waals surface area contributed by atoms with Gasteiger partial charge in [0, 0.05) is 0 Å². The van der Waals surface area contributed by atoms with E-state index in [1.54, 1.807) is 30.3 Å². The van der Waals surface area contributed by atoms with Gasteiger partial charge in [-0.25, -0.2) is 0 Å². The molecule has 1 aromatic rings. The lowest BCUT2D eigenvalue weighted by atomic mass is 9.96. The number of hydrogen-bond donors (Lipinski definition) is 3. The summed E-state index contributed by atoms with van der Waals surface area (Å²) in [6, 6.07) is 8.17. The minimum Gasteiger partial charge on any atom is -0.481 e. The number of rotatable bonds is 5. The van der Waals surface area contributed by atoms with Crippen molar-refractivity contribution in [2.24, 2.45) is 0 Å². The van der Waals surface area contributed by atoms with Gasteiger partial charge in [-0.2, -0.15) is 5.26 Å². The molecular formula is C12H13NO4. The van der Waals surface area contributed by atoms with E-state index >= 15 is 0 Å². The molecule has 0 fully saturated rings. The third kappa shape index (κ3) is 3.55. The molecule has 90 valence electrons. The molecule has 0 amide bonds. The van der Waals surface area contributed by atoms with Crippen LogP contribution in [-0.4, -0.2) is 27.4 Å². The Morgan fingerprint density at radius 3 is 2.59 bits per heavy atom. The van der Waals surface area contributed by atoms with Crippen LogP contribution >= 0.6 is 0 Å². The molecule has 0 aliphatic rings. The van der Waals surface area contributed by atoms with Crippen LogP contribution in [0.3, 0.4) is 0 Å². The second-order valence-corrected chi connectivity index (χ2v) is 3.64. The lowest BCUT2D eigenvalue weighted by Crippen LogP contribution is -2.19.